The van der Waals surface area contributed by atoms with E-state index in [0.717, 1.165) is 51.4 Å². The number of hydrogen-bond acceptors (Lipinski definition) is 7. The Bertz CT molecular complexity index is 1140. The Kier molecular flexibility index (Phi) is 7.79. The summed E-state index contributed by atoms with van der Waals surface area (Å²) in [6.45, 7) is 13.9. The molecule has 0 aromatic carbocycles. The van der Waals surface area contributed by atoms with Crippen molar-refractivity contribution in [2.45, 2.75) is 130 Å². The summed E-state index contributed by atoms with van der Waals surface area (Å²) in [7, 11) is 0. The zero-order chi connectivity index (χ0) is 31.3. The molecule has 5 aliphatic carbocycles. The zero-order valence-electron chi connectivity index (χ0n) is 27.1. The van der Waals surface area contributed by atoms with Gasteiger partial charge in [-0.05, 0) is 104 Å². The Labute approximate surface area is 257 Å². The number of allylic oxidation sites excluding steroid dienone is 2. The molecule has 5 fully saturated rings. The summed E-state index contributed by atoms with van der Waals surface area (Å²) in [6.07, 6.45) is 5.14. The second kappa shape index (κ2) is 10.5. The minimum atomic E-state index is -1.36. The normalized spacial score (nSPS) is 56.6. The third-order valence-corrected chi connectivity index (χ3v) is 15.3. The van der Waals surface area contributed by atoms with Crippen LogP contribution in [0.15, 0.2) is 11.6 Å². The average Bonchev–Trinajstić information content (AvgIpc) is 2.96. The van der Waals surface area contributed by atoms with Crippen LogP contribution in [-0.4, -0.2) is 75.4 Å². The van der Waals surface area contributed by atoms with Crippen LogP contribution in [0.3, 0.4) is 0 Å². The van der Waals surface area contributed by atoms with E-state index in [4.69, 9.17) is 9.47 Å². The molecule has 0 aromatic heterocycles. The van der Waals surface area contributed by atoms with E-state index >= 15 is 0 Å². The van der Waals surface area contributed by atoms with Crippen LogP contribution in [0.1, 0.15) is 99.3 Å². The molecule has 6 aliphatic rings. The molecule has 1 saturated heterocycles. The smallest absolute Gasteiger partial charge is 0.310 e. The van der Waals surface area contributed by atoms with Crippen LogP contribution in [0.5, 0.6) is 0 Å². The third kappa shape index (κ3) is 4.18. The molecule has 0 bridgehead atoms. The summed E-state index contributed by atoms with van der Waals surface area (Å²) in [5.74, 6) is 0.904. The second-order valence-electron chi connectivity index (χ2n) is 16.7. The van der Waals surface area contributed by atoms with Crippen LogP contribution in [0.25, 0.3) is 0 Å². The van der Waals surface area contributed by atoms with Gasteiger partial charge in [-0.2, -0.15) is 0 Å². The number of hydrogen-bond donors (Lipinski definition) is 5. The van der Waals surface area contributed by atoms with Gasteiger partial charge in [0.25, 0.3) is 0 Å². The molecule has 0 amide bonds. The SMILES string of the molecule is C[C@H]1[C@H](C)CC[C@]2(C(=O)O)CC[C@]3(C)C(=CC[C@@H]4[C@@]5(C)CC[C@H](O[C@@H]6OC[C@H](O)[C@H](O)[C@H]6O)[C@@](C)(CO)C5CC[C@]43C)[C@H]12. The van der Waals surface area contributed by atoms with E-state index in [0.29, 0.717) is 24.2 Å². The van der Waals surface area contributed by atoms with E-state index in [2.05, 4.69) is 47.6 Å². The standard InChI is InChI=1S/C35H56O8/c1-19-9-14-35(30(40)41)16-15-33(5)21(26(35)20(19)2)7-8-24-31(3)12-11-25(43-29-28(39)27(38)22(37)17-42-29)32(4,18-36)23(31)10-13-34(24,33)6/h7,19-20,22-29,36-39H,8-18H2,1-6H3,(H,40,41)/t19-,20+,22+,23?,24-,25+,26+,27+,28-,29+,31+,32+,33-,34-,35+/m1/s1. The first-order chi connectivity index (χ1) is 20.1. The van der Waals surface area contributed by atoms with Crippen molar-refractivity contribution in [1.29, 1.82) is 0 Å². The first-order valence-electron chi connectivity index (χ1n) is 17.0. The van der Waals surface area contributed by atoms with Crippen molar-refractivity contribution in [3.63, 3.8) is 0 Å². The molecule has 8 heteroatoms. The Balaban J connectivity index is 1.33. The Morgan fingerprint density at radius 3 is 2.35 bits per heavy atom. The summed E-state index contributed by atoms with van der Waals surface area (Å²) in [4.78, 5) is 13.0. The molecular weight excluding hydrogens is 548 g/mol. The summed E-state index contributed by atoms with van der Waals surface area (Å²) in [5.41, 5.74) is 0.0965. The third-order valence-electron chi connectivity index (χ3n) is 15.3. The molecular formula is C35H56O8. The highest BCUT2D eigenvalue weighted by atomic mass is 16.7. The zero-order valence-corrected chi connectivity index (χ0v) is 27.1. The van der Waals surface area contributed by atoms with Gasteiger partial charge >= 0.3 is 5.97 Å². The van der Waals surface area contributed by atoms with Gasteiger partial charge in [0.1, 0.15) is 18.3 Å². The highest BCUT2D eigenvalue weighted by molar-refractivity contribution is 5.76. The minimum absolute atomic E-state index is 0.0143. The summed E-state index contributed by atoms with van der Waals surface area (Å²) in [6, 6.07) is 0. The van der Waals surface area contributed by atoms with E-state index in [9.17, 15) is 30.3 Å². The number of aliphatic hydroxyl groups excluding tert-OH is 4. The number of aliphatic hydroxyl groups is 4. The summed E-state index contributed by atoms with van der Waals surface area (Å²) >= 11 is 0. The second-order valence-corrected chi connectivity index (χ2v) is 16.7. The topological polar surface area (TPSA) is 137 Å². The van der Waals surface area contributed by atoms with E-state index in [-0.39, 0.29) is 47.4 Å². The minimum Gasteiger partial charge on any atom is -0.481 e. The van der Waals surface area contributed by atoms with Crippen LogP contribution in [0.4, 0.5) is 0 Å². The average molecular weight is 605 g/mol. The van der Waals surface area contributed by atoms with Gasteiger partial charge in [-0.25, -0.2) is 0 Å². The lowest BCUT2D eigenvalue weighted by molar-refractivity contribution is -0.312. The molecule has 15 atom stereocenters. The molecule has 6 rings (SSSR count). The lowest BCUT2D eigenvalue weighted by Crippen LogP contribution is -2.67. The van der Waals surface area contributed by atoms with Gasteiger partial charge < -0.3 is 35.0 Å². The maximum absolute atomic E-state index is 13.0. The number of ether oxygens (including phenoxy) is 2. The lowest BCUT2D eigenvalue weighted by atomic mass is 9.33. The van der Waals surface area contributed by atoms with Gasteiger partial charge in [0.05, 0.1) is 24.7 Å². The quantitative estimate of drug-likeness (QED) is 0.233. The maximum atomic E-state index is 13.0. The summed E-state index contributed by atoms with van der Waals surface area (Å²) in [5, 5.41) is 52.4. The molecule has 1 heterocycles. The number of fused-ring (bicyclic) bond motifs is 7. The van der Waals surface area contributed by atoms with Gasteiger partial charge in [-0.1, -0.05) is 53.2 Å². The predicted molar refractivity (Wildman–Crippen MR) is 161 cm³/mol. The lowest BCUT2D eigenvalue weighted by Gasteiger charge is -2.71. The fraction of sp³-hybridized carbons (Fsp3) is 0.914. The molecule has 8 nitrogen and oxygen atoms in total. The molecule has 43 heavy (non-hydrogen) atoms. The summed E-state index contributed by atoms with van der Waals surface area (Å²) < 4.78 is 12.0. The highest BCUT2D eigenvalue weighted by Gasteiger charge is 2.70. The van der Waals surface area contributed by atoms with Gasteiger partial charge in [0.15, 0.2) is 6.29 Å². The van der Waals surface area contributed by atoms with Crippen molar-refractivity contribution in [1.82, 2.24) is 0 Å². The van der Waals surface area contributed by atoms with E-state index < -0.39 is 41.4 Å². The molecule has 0 aromatic rings. The van der Waals surface area contributed by atoms with Crippen molar-refractivity contribution in [2.75, 3.05) is 13.2 Å². The first-order valence-corrected chi connectivity index (χ1v) is 17.0. The van der Waals surface area contributed by atoms with Gasteiger partial charge in [0, 0.05) is 5.41 Å². The van der Waals surface area contributed by atoms with Gasteiger partial charge in [0.2, 0.25) is 0 Å². The Morgan fingerprint density at radius 2 is 1.67 bits per heavy atom. The van der Waals surface area contributed by atoms with E-state index in [1.807, 2.05) is 0 Å². The first kappa shape index (κ1) is 31.9. The largest absolute Gasteiger partial charge is 0.481 e. The molecule has 4 saturated carbocycles. The molecule has 0 spiro atoms. The maximum Gasteiger partial charge on any atom is 0.310 e. The van der Waals surface area contributed by atoms with Crippen molar-refractivity contribution < 1.29 is 39.8 Å². The number of rotatable bonds is 4. The van der Waals surface area contributed by atoms with Crippen LogP contribution in [-0.2, 0) is 14.3 Å². The molecule has 1 aliphatic heterocycles. The number of carboxylic acid groups (broad SMARTS) is 1. The molecule has 5 N–H and O–H groups in total. The Hall–Kier alpha value is -1.03. The molecule has 0 radical (unpaired) electrons. The van der Waals surface area contributed by atoms with E-state index in [1.165, 1.54) is 5.57 Å². The molecule has 244 valence electrons. The molecule has 1 unspecified atom stereocenters. The van der Waals surface area contributed by atoms with Crippen molar-refractivity contribution >= 4 is 5.97 Å². The van der Waals surface area contributed by atoms with Crippen LogP contribution < -0.4 is 0 Å². The van der Waals surface area contributed by atoms with Crippen molar-refractivity contribution in [2.24, 2.45) is 56.7 Å². The number of carboxylic acids is 1. The fourth-order valence-electron chi connectivity index (χ4n) is 12.1. The fourth-order valence-corrected chi connectivity index (χ4v) is 12.1. The van der Waals surface area contributed by atoms with Crippen LogP contribution >= 0.6 is 0 Å². The predicted octanol–water partition coefficient (Wildman–Crippen LogP) is 4.53. The van der Waals surface area contributed by atoms with Gasteiger partial charge in [-0.15, -0.1) is 0 Å². The monoisotopic (exact) mass is 604 g/mol. The van der Waals surface area contributed by atoms with Crippen LogP contribution in [0.2, 0.25) is 0 Å². The number of aliphatic carboxylic acids is 1. The highest BCUT2D eigenvalue weighted by Crippen LogP contribution is 2.76. The number of carbonyl (C=O) groups is 1. The Morgan fingerprint density at radius 1 is 0.953 bits per heavy atom. The van der Waals surface area contributed by atoms with Crippen molar-refractivity contribution in [3.8, 4) is 0 Å². The van der Waals surface area contributed by atoms with Gasteiger partial charge in [-0.3, -0.25) is 4.79 Å². The van der Waals surface area contributed by atoms with Crippen LogP contribution in [0, 0.1) is 56.7 Å². The van der Waals surface area contributed by atoms with Crippen molar-refractivity contribution in [3.05, 3.63) is 11.6 Å². The van der Waals surface area contributed by atoms with E-state index in [1.54, 1.807) is 0 Å².